The van der Waals surface area contributed by atoms with Crippen LogP contribution in [0.3, 0.4) is 0 Å². The van der Waals surface area contributed by atoms with Gasteiger partial charge in [0.05, 0.1) is 14.2 Å². The first kappa shape index (κ1) is 20.1. The van der Waals surface area contributed by atoms with Crippen LogP contribution < -0.4 is 14.8 Å². The number of benzene rings is 2. The molecule has 0 saturated carbocycles. The Morgan fingerprint density at radius 3 is 2.60 bits per heavy atom. The van der Waals surface area contributed by atoms with Crippen molar-refractivity contribution in [3.63, 3.8) is 0 Å². The zero-order chi connectivity index (χ0) is 21.1. The fourth-order valence-corrected chi connectivity index (χ4v) is 4.02. The van der Waals surface area contributed by atoms with E-state index in [9.17, 15) is 4.79 Å². The summed E-state index contributed by atoms with van der Waals surface area (Å²) in [5.41, 5.74) is 4.95. The summed E-state index contributed by atoms with van der Waals surface area (Å²) >= 11 is 0. The summed E-state index contributed by atoms with van der Waals surface area (Å²) in [6.45, 7) is 2.39. The number of carbonyl (C=O) groups excluding carboxylic acids is 1. The van der Waals surface area contributed by atoms with E-state index in [4.69, 9.17) is 13.9 Å². The highest BCUT2D eigenvalue weighted by molar-refractivity contribution is 5.97. The van der Waals surface area contributed by atoms with Crippen molar-refractivity contribution in [2.45, 2.75) is 39.2 Å². The van der Waals surface area contributed by atoms with Crippen molar-refractivity contribution in [1.82, 2.24) is 5.32 Å². The summed E-state index contributed by atoms with van der Waals surface area (Å²) in [7, 11) is 3.28. The van der Waals surface area contributed by atoms with E-state index in [2.05, 4.69) is 11.4 Å². The van der Waals surface area contributed by atoms with E-state index in [1.165, 1.54) is 18.4 Å². The van der Waals surface area contributed by atoms with E-state index in [1.54, 1.807) is 20.3 Å². The highest BCUT2D eigenvalue weighted by Gasteiger charge is 2.20. The average Bonchev–Trinajstić information content (AvgIpc) is 3.14. The number of nitrogens with one attached hydrogen (secondary N) is 1. The minimum atomic E-state index is -0.139. The number of aryl methyl sites for hydroxylation is 2. The van der Waals surface area contributed by atoms with E-state index in [0.29, 0.717) is 12.3 Å². The molecule has 1 heterocycles. The van der Waals surface area contributed by atoms with Crippen LogP contribution >= 0.6 is 0 Å². The number of ether oxygens (including phenoxy) is 2. The van der Waals surface area contributed by atoms with Gasteiger partial charge in [-0.05, 0) is 55.5 Å². The number of furan rings is 1. The molecule has 1 aliphatic carbocycles. The minimum Gasteiger partial charge on any atom is -0.497 e. The Kier molecular flexibility index (Phi) is 5.79. The lowest BCUT2D eigenvalue weighted by atomic mass is 9.94. The van der Waals surface area contributed by atoms with Crippen LogP contribution in [0.15, 0.2) is 46.9 Å². The quantitative estimate of drug-likeness (QED) is 0.583. The third kappa shape index (κ3) is 4.06. The van der Waals surface area contributed by atoms with Gasteiger partial charge in [-0.2, -0.15) is 0 Å². The predicted molar refractivity (Wildman–Crippen MR) is 118 cm³/mol. The molecule has 3 aromatic rings. The van der Waals surface area contributed by atoms with Crippen LogP contribution in [0, 0.1) is 0 Å². The van der Waals surface area contributed by atoms with E-state index >= 15 is 0 Å². The summed E-state index contributed by atoms with van der Waals surface area (Å²) in [4.78, 5) is 12.5. The first-order valence-electron chi connectivity index (χ1n) is 10.3. The summed E-state index contributed by atoms with van der Waals surface area (Å²) in [6.07, 6.45) is 6.01. The van der Waals surface area contributed by atoms with E-state index < -0.39 is 0 Å². The Morgan fingerprint density at radius 1 is 1.10 bits per heavy atom. The molecule has 4 rings (SSSR count). The van der Waals surface area contributed by atoms with E-state index in [-0.39, 0.29) is 5.91 Å². The second kappa shape index (κ2) is 8.66. The zero-order valence-corrected chi connectivity index (χ0v) is 17.7. The van der Waals surface area contributed by atoms with Gasteiger partial charge in [0.15, 0.2) is 0 Å². The molecule has 30 heavy (non-hydrogen) atoms. The maximum Gasteiger partial charge on any atom is 0.244 e. The molecule has 0 atom stereocenters. The maximum absolute atomic E-state index is 12.5. The summed E-state index contributed by atoms with van der Waals surface area (Å²) < 4.78 is 16.8. The molecular weight excluding hydrogens is 378 g/mol. The lowest BCUT2D eigenvalue weighted by Crippen LogP contribution is -2.20. The van der Waals surface area contributed by atoms with Gasteiger partial charge in [-0.25, -0.2) is 0 Å². The molecule has 0 fully saturated rings. The van der Waals surface area contributed by atoms with Crippen LogP contribution in [-0.4, -0.2) is 20.1 Å². The van der Waals surface area contributed by atoms with Gasteiger partial charge in [0, 0.05) is 41.6 Å². The number of allylic oxidation sites excluding steroid dienone is 1. The second-order valence-electron chi connectivity index (χ2n) is 7.65. The Balaban J connectivity index is 1.55. The van der Waals surface area contributed by atoms with Crippen LogP contribution in [0.25, 0.3) is 16.5 Å². The van der Waals surface area contributed by atoms with Crippen LogP contribution in [0.4, 0.5) is 0 Å². The smallest absolute Gasteiger partial charge is 0.244 e. The number of methoxy groups -OCH3 is 2. The molecule has 0 spiro atoms. The molecule has 0 bridgehead atoms. The molecule has 156 valence electrons. The molecule has 0 radical (unpaired) electrons. The molecular formula is C25H27NO4. The van der Waals surface area contributed by atoms with Crippen molar-refractivity contribution < 1.29 is 18.7 Å². The predicted octanol–water partition coefficient (Wildman–Crippen LogP) is 5.05. The van der Waals surface area contributed by atoms with E-state index in [1.807, 2.05) is 37.3 Å². The monoisotopic (exact) mass is 405 g/mol. The molecule has 1 aliphatic rings. The third-order valence-corrected chi connectivity index (χ3v) is 5.68. The normalized spacial score (nSPS) is 13.8. The Hall–Kier alpha value is -3.21. The SMILES string of the molecule is COc1ccc(CNC(=O)/C=C(\C)c2cc3c4c(oc3cc2OC)CCCC4)cc1. The van der Waals surface area contributed by atoms with Gasteiger partial charge >= 0.3 is 0 Å². The van der Waals surface area contributed by atoms with Crippen LogP contribution in [-0.2, 0) is 24.2 Å². The largest absolute Gasteiger partial charge is 0.497 e. The summed E-state index contributed by atoms with van der Waals surface area (Å²) in [6, 6.07) is 11.7. The van der Waals surface area contributed by atoms with Gasteiger partial charge in [0.25, 0.3) is 0 Å². The number of hydrogen-bond acceptors (Lipinski definition) is 4. The van der Waals surface area contributed by atoms with Crippen molar-refractivity contribution >= 4 is 22.4 Å². The van der Waals surface area contributed by atoms with Crippen molar-refractivity contribution in [1.29, 1.82) is 0 Å². The Morgan fingerprint density at radius 2 is 1.87 bits per heavy atom. The molecule has 0 aliphatic heterocycles. The molecule has 0 saturated heterocycles. The number of hydrogen-bond donors (Lipinski definition) is 1. The second-order valence-corrected chi connectivity index (χ2v) is 7.65. The molecule has 1 N–H and O–H groups in total. The van der Waals surface area contributed by atoms with Crippen molar-refractivity contribution in [2.75, 3.05) is 14.2 Å². The van der Waals surface area contributed by atoms with Crippen molar-refractivity contribution in [3.8, 4) is 11.5 Å². The van der Waals surface area contributed by atoms with Gasteiger partial charge in [-0.1, -0.05) is 12.1 Å². The van der Waals surface area contributed by atoms with E-state index in [0.717, 1.165) is 52.0 Å². The number of fused-ring (bicyclic) bond motifs is 3. The maximum atomic E-state index is 12.5. The number of carbonyl (C=O) groups is 1. The lowest BCUT2D eigenvalue weighted by Gasteiger charge is -2.11. The third-order valence-electron chi connectivity index (χ3n) is 5.68. The van der Waals surface area contributed by atoms with Crippen molar-refractivity contribution in [2.24, 2.45) is 0 Å². The number of rotatable bonds is 6. The first-order chi connectivity index (χ1) is 14.6. The molecule has 1 aromatic heterocycles. The highest BCUT2D eigenvalue weighted by Crippen LogP contribution is 2.37. The van der Waals surface area contributed by atoms with Gasteiger partial charge in [-0.15, -0.1) is 0 Å². The minimum absolute atomic E-state index is 0.139. The molecule has 5 heteroatoms. The summed E-state index contributed by atoms with van der Waals surface area (Å²) in [5, 5.41) is 4.07. The van der Waals surface area contributed by atoms with Gasteiger partial charge in [-0.3, -0.25) is 4.79 Å². The lowest BCUT2D eigenvalue weighted by molar-refractivity contribution is -0.116. The van der Waals surface area contributed by atoms with Gasteiger partial charge < -0.3 is 19.2 Å². The standard InChI is InChI=1S/C25H27NO4/c1-16(12-25(27)26-15-17-8-10-18(28-2)11-9-17)20-13-21-19-6-4-5-7-22(19)30-24(21)14-23(20)29-3/h8-14H,4-7,15H2,1-3H3,(H,26,27)/b16-12+. The number of amides is 1. The van der Waals surface area contributed by atoms with Crippen LogP contribution in [0.1, 0.15) is 42.2 Å². The summed E-state index contributed by atoms with van der Waals surface area (Å²) in [5.74, 6) is 2.46. The Labute approximate surface area is 176 Å². The first-order valence-corrected chi connectivity index (χ1v) is 10.3. The van der Waals surface area contributed by atoms with Crippen LogP contribution in [0.2, 0.25) is 0 Å². The van der Waals surface area contributed by atoms with Crippen LogP contribution in [0.5, 0.6) is 11.5 Å². The fraction of sp³-hybridized carbons (Fsp3) is 0.320. The average molecular weight is 405 g/mol. The Bertz CT molecular complexity index is 1090. The van der Waals surface area contributed by atoms with Crippen molar-refractivity contribution in [3.05, 3.63) is 64.9 Å². The fourth-order valence-electron chi connectivity index (χ4n) is 4.02. The topological polar surface area (TPSA) is 60.7 Å². The highest BCUT2D eigenvalue weighted by atomic mass is 16.5. The van der Waals surface area contributed by atoms with Gasteiger partial charge in [0.2, 0.25) is 5.91 Å². The zero-order valence-electron chi connectivity index (χ0n) is 17.7. The molecule has 1 amide bonds. The molecule has 2 aromatic carbocycles. The van der Waals surface area contributed by atoms with Gasteiger partial charge in [0.1, 0.15) is 22.8 Å². The molecule has 5 nitrogen and oxygen atoms in total. The molecule has 0 unspecified atom stereocenters.